The normalized spacial score (nSPS) is 26.6. The van der Waals surface area contributed by atoms with Crippen LogP contribution in [0, 0.1) is 17.8 Å². The second kappa shape index (κ2) is 5.76. The molecule has 5 nitrogen and oxygen atoms in total. The number of amides is 2. The third kappa shape index (κ3) is 3.01. The molecule has 112 valence electrons. The predicted octanol–water partition coefficient (Wildman–Crippen LogP) is 1.98. The van der Waals surface area contributed by atoms with Gasteiger partial charge >= 0.3 is 0 Å². The van der Waals surface area contributed by atoms with E-state index in [9.17, 15) is 14.7 Å². The molecule has 3 N–H and O–H groups in total. The van der Waals surface area contributed by atoms with Crippen molar-refractivity contribution >= 4 is 11.8 Å². The fourth-order valence-electron chi connectivity index (χ4n) is 3.78. The molecular formula is C16H20N2O3. The van der Waals surface area contributed by atoms with Crippen LogP contribution in [-0.4, -0.2) is 16.9 Å². The number of carbonyl (C=O) groups excluding carboxylic acids is 2. The first-order valence-corrected chi connectivity index (χ1v) is 7.50. The number of phenolic OH excluding ortho intramolecular Hbond substituents is 1. The summed E-state index contributed by atoms with van der Waals surface area (Å²) < 4.78 is 0. The molecule has 3 atom stereocenters. The lowest BCUT2D eigenvalue weighted by atomic mass is 9.86. The number of rotatable bonds is 3. The maximum Gasteiger partial charge on any atom is 0.273 e. The molecule has 21 heavy (non-hydrogen) atoms. The Hall–Kier alpha value is -2.04. The number of nitrogens with one attached hydrogen (secondary N) is 2. The van der Waals surface area contributed by atoms with E-state index in [1.807, 2.05) is 0 Å². The van der Waals surface area contributed by atoms with Gasteiger partial charge in [0.15, 0.2) is 0 Å². The number of phenols is 1. The Morgan fingerprint density at radius 1 is 1.14 bits per heavy atom. The van der Waals surface area contributed by atoms with Gasteiger partial charge in [0.25, 0.3) is 5.91 Å². The Morgan fingerprint density at radius 3 is 2.62 bits per heavy atom. The van der Waals surface area contributed by atoms with Gasteiger partial charge in [-0.25, -0.2) is 0 Å². The average molecular weight is 288 g/mol. The third-order valence-electron chi connectivity index (χ3n) is 4.80. The summed E-state index contributed by atoms with van der Waals surface area (Å²) in [4.78, 5) is 23.8. The van der Waals surface area contributed by atoms with Crippen LogP contribution >= 0.6 is 0 Å². The van der Waals surface area contributed by atoms with E-state index >= 15 is 0 Å². The zero-order valence-corrected chi connectivity index (χ0v) is 11.8. The molecule has 2 saturated carbocycles. The number of fused-ring (bicyclic) bond motifs is 2. The minimum absolute atomic E-state index is 0.0997. The summed E-state index contributed by atoms with van der Waals surface area (Å²) >= 11 is 0. The number of para-hydroxylation sites is 1. The Bertz CT molecular complexity index is 558. The van der Waals surface area contributed by atoms with Crippen LogP contribution in [0.4, 0.5) is 0 Å². The van der Waals surface area contributed by atoms with Crippen molar-refractivity contribution in [3.05, 3.63) is 29.8 Å². The summed E-state index contributed by atoms with van der Waals surface area (Å²) in [5, 5.41) is 9.57. The maximum atomic E-state index is 11.9. The van der Waals surface area contributed by atoms with Crippen LogP contribution in [0.3, 0.4) is 0 Å². The van der Waals surface area contributed by atoms with Crippen LogP contribution < -0.4 is 10.9 Å². The summed E-state index contributed by atoms with van der Waals surface area (Å²) in [7, 11) is 0. The summed E-state index contributed by atoms with van der Waals surface area (Å²) in [6.45, 7) is 0. The minimum Gasteiger partial charge on any atom is -0.507 e. The van der Waals surface area contributed by atoms with E-state index < -0.39 is 5.91 Å². The van der Waals surface area contributed by atoms with Crippen molar-refractivity contribution in [1.29, 1.82) is 0 Å². The van der Waals surface area contributed by atoms with E-state index in [0.717, 1.165) is 12.3 Å². The predicted molar refractivity (Wildman–Crippen MR) is 77.3 cm³/mol. The molecule has 0 aliphatic heterocycles. The van der Waals surface area contributed by atoms with Crippen LogP contribution in [0.5, 0.6) is 5.75 Å². The first-order valence-electron chi connectivity index (χ1n) is 7.50. The van der Waals surface area contributed by atoms with Gasteiger partial charge in [-0.15, -0.1) is 0 Å². The Labute approximate surface area is 123 Å². The Kier molecular flexibility index (Phi) is 3.82. The molecule has 2 bridgehead atoms. The van der Waals surface area contributed by atoms with Crippen molar-refractivity contribution in [2.75, 3.05) is 0 Å². The molecule has 1 aromatic rings. The van der Waals surface area contributed by atoms with Gasteiger partial charge in [0.2, 0.25) is 5.91 Å². The van der Waals surface area contributed by atoms with Gasteiger partial charge in [0.05, 0.1) is 5.56 Å². The molecule has 2 aliphatic rings. The number of carbonyl (C=O) groups is 2. The standard InChI is InChI=1S/C16H20N2O3/c19-14-4-2-1-3-13(14)16(21)18-17-15(20)9-12-8-10-5-6-11(12)7-10/h1-4,10-12,19H,5-9H2,(H,17,20)(H,18,21). The Balaban J connectivity index is 1.48. The van der Waals surface area contributed by atoms with Crippen molar-refractivity contribution in [3.63, 3.8) is 0 Å². The van der Waals surface area contributed by atoms with E-state index in [1.54, 1.807) is 12.1 Å². The second-order valence-corrected chi connectivity index (χ2v) is 6.16. The zero-order chi connectivity index (χ0) is 14.8. The smallest absolute Gasteiger partial charge is 0.273 e. The molecule has 2 fully saturated rings. The third-order valence-corrected chi connectivity index (χ3v) is 4.80. The van der Waals surface area contributed by atoms with E-state index in [-0.39, 0.29) is 17.2 Å². The summed E-state index contributed by atoms with van der Waals surface area (Å²) in [5.41, 5.74) is 4.95. The van der Waals surface area contributed by atoms with E-state index in [0.29, 0.717) is 18.3 Å². The van der Waals surface area contributed by atoms with Gasteiger partial charge in [-0.05, 0) is 49.1 Å². The highest BCUT2D eigenvalue weighted by atomic mass is 16.3. The van der Waals surface area contributed by atoms with Crippen molar-refractivity contribution < 1.29 is 14.7 Å². The highest BCUT2D eigenvalue weighted by Gasteiger charge is 2.40. The monoisotopic (exact) mass is 288 g/mol. The molecule has 3 unspecified atom stereocenters. The molecule has 0 heterocycles. The number of aromatic hydroxyl groups is 1. The summed E-state index contributed by atoms with van der Waals surface area (Å²) in [6.07, 6.45) is 5.44. The zero-order valence-electron chi connectivity index (χ0n) is 11.8. The lowest BCUT2D eigenvalue weighted by Gasteiger charge is -2.20. The quantitative estimate of drug-likeness (QED) is 0.744. The van der Waals surface area contributed by atoms with E-state index in [2.05, 4.69) is 10.9 Å². The largest absolute Gasteiger partial charge is 0.507 e. The molecule has 3 rings (SSSR count). The van der Waals surface area contributed by atoms with Crippen LogP contribution in [0.2, 0.25) is 0 Å². The van der Waals surface area contributed by atoms with Crippen molar-refractivity contribution in [2.45, 2.75) is 32.1 Å². The first kappa shape index (κ1) is 13.9. The number of hydrazine groups is 1. The molecule has 0 aromatic heterocycles. The summed E-state index contributed by atoms with van der Waals surface area (Å²) in [5.74, 6) is 1.20. The molecule has 0 radical (unpaired) electrons. The molecule has 2 amide bonds. The first-order chi connectivity index (χ1) is 10.1. The highest BCUT2D eigenvalue weighted by Crippen LogP contribution is 2.49. The van der Waals surface area contributed by atoms with Crippen molar-refractivity contribution in [2.24, 2.45) is 17.8 Å². The second-order valence-electron chi connectivity index (χ2n) is 6.16. The van der Waals surface area contributed by atoms with E-state index in [4.69, 9.17) is 0 Å². The fourth-order valence-corrected chi connectivity index (χ4v) is 3.78. The molecular weight excluding hydrogens is 268 g/mol. The summed E-state index contributed by atoms with van der Waals surface area (Å²) in [6, 6.07) is 6.24. The number of benzene rings is 1. The molecule has 2 aliphatic carbocycles. The van der Waals surface area contributed by atoms with Gasteiger partial charge in [-0.3, -0.25) is 20.4 Å². The average Bonchev–Trinajstić information content (AvgIpc) is 3.08. The maximum absolute atomic E-state index is 11.9. The van der Waals surface area contributed by atoms with Crippen LogP contribution in [0.15, 0.2) is 24.3 Å². The van der Waals surface area contributed by atoms with Crippen LogP contribution in [0.1, 0.15) is 42.5 Å². The lowest BCUT2D eigenvalue weighted by molar-refractivity contribution is -0.123. The van der Waals surface area contributed by atoms with Crippen LogP contribution in [-0.2, 0) is 4.79 Å². The van der Waals surface area contributed by atoms with Gasteiger partial charge in [-0.2, -0.15) is 0 Å². The van der Waals surface area contributed by atoms with Gasteiger partial charge < -0.3 is 5.11 Å². The lowest BCUT2D eigenvalue weighted by Crippen LogP contribution is -2.42. The fraction of sp³-hybridized carbons (Fsp3) is 0.500. The minimum atomic E-state index is -0.505. The molecule has 0 saturated heterocycles. The Morgan fingerprint density at radius 2 is 1.95 bits per heavy atom. The molecule has 0 spiro atoms. The number of hydrogen-bond acceptors (Lipinski definition) is 3. The van der Waals surface area contributed by atoms with E-state index in [1.165, 1.54) is 31.4 Å². The number of hydrogen-bond donors (Lipinski definition) is 3. The van der Waals surface area contributed by atoms with Crippen molar-refractivity contribution in [1.82, 2.24) is 10.9 Å². The SMILES string of the molecule is O=C(CC1CC2CCC1C2)NNC(=O)c1ccccc1O. The van der Waals surface area contributed by atoms with Crippen molar-refractivity contribution in [3.8, 4) is 5.75 Å². The van der Waals surface area contributed by atoms with Crippen LogP contribution in [0.25, 0.3) is 0 Å². The molecule has 1 aromatic carbocycles. The van der Waals surface area contributed by atoms with Gasteiger partial charge in [0, 0.05) is 6.42 Å². The highest BCUT2D eigenvalue weighted by molar-refractivity contribution is 5.97. The molecule has 5 heteroatoms. The van der Waals surface area contributed by atoms with Gasteiger partial charge in [0.1, 0.15) is 5.75 Å². The topological polar surface area (TPSA) is 78.4 Å². The van der Waals surface area contributed by atoms with Gasteiger partial charge in [-0.1, -0.05) is 18.6 Å².